The van der Waals surface area contributed by atoms with Gasteiger partial charge in [-0.2, -0.15) is 0 Å². The molecule has 174 valence electrons. The van der Waals surface area contributed by atoms with Crippen LogP contribution < -0.4 is 14.8 Å². The van der Waals surface area contributed by atoms with Gasteiger partial charge in [0.1, 0.15) is 11.5 Å². The number of piperidine rings is 1. The van der Waals surface area contributed by atoms with Crippen LogP contribution in [0.3, 0.4) is 0 Å². The molecule has 0 spiro atoms. The maximum atomic E-state index is 13.0. The summed E-state index contributed by atoms with van der Waals surface area (Å²) in [6.45, 7) is 2.45. The third-order valence-electron chi connectivity index (χ3n) is 5.67. The van der Waals surface area contributed by atoms with Crippen LogP contribution in [0.4, 0.5) is 0 Å². The second-order valence-electron chi connectivity index (χ2n) is 7.92. The minimum Gasteiger partial charge on any atom is -0.497 e. The van der Waals surface area contributed by atoms with E-state index in [4.69, 9.17) is 21.1 Å². The van der Waals surface area contributed by atoms with E-state index in [0.717, 1.165) is 5.56 Å². The smallest absolute Gasteiger partial charge is 0.224 e. The van der Waals surface area contributed by atoms with Gasteiger partial charge in [-0.15, -0.1) is 0 Å². The second kappa shape index (κ2) is 10.6. The number of halogens is 1. The first-order chi connectivity index (χ1) is 15.2. The molecule has 0 bridgehead atoms. The van der Waals surface area contributed by atoms with Gasteiger partial charge in [-0.25, -0.2) is 12.7 Å². The Kier molecular flexibility index (Phi) is 8.03. The van der Waals surface area contributed by atoms with E-state index in [9.17, 15) is 13.2 Å². The number of methoxy groups -OCH3 is 2. The van der Waals surface area contributed by atoms with Gasteiger partial charge < -0.3 is 14.8 Å². The highest BCUT2D eigenvalue weighted by molar-refractivity contribution is 7.88. The van der Waals surface area contributed by atoms with Crippen molar-refractivity contribution in [1.29, 1.82) is 0 Å². The summed E-state index contributed by atoms with van der Waals surface area (Å²) >= 11 is 5.89. The van der Waals surface area contributed by atoms with Crippen molar-refractivity contribution in [2.24, 2.45) is 5.92 Å². The van der Waals surface area contributed by atoms with E-state index >= 15 is 0 Å². The number of hydrogen-bond acceptors (Lipinski definition) is 5. The molecule has 0 aromatic heterocycles. The quantitative estimate of drug-likeness (QED) is 0.621. The largest absolute Gasteiger partial charge is 0.497 e. The van der Waals surface area contributed by atoms with Crippen LogP contribution in [-0.4, -0.2) is 45.9 Å². The van der Waals surface area contributed by atoms with Crippen molar-refractivity contribution in [3.63, 3.8) is 0 Å². The van der Waals surface area contributed by atoms with Crippen molar-refractivity contribution in [2.45, 2.75) is 31.6 Å². The number of nitrogens with zero attached hydrogens (tertiary/aromatic N) is 1. The van der Waals surface area contributed by atoms with Crippen molar-refractivity contribution >= 4 is 27.5 Å². The van der Waals surface area contributed by atoms with Gasteiger partial charge in [0.05, 0.1) is 31.9 Å². The maximum absolute atomic E-state index is 13.0. The highest BCUT2D eigenvalue weighted by Crippen LogP contribution is 2.30. The summed E-state index contributed by atoms with van der Waals surface area (Å²) in [6, 6.07) is 11.8. The Morgan fingerprint density at radius 3 is 2.56 bits per heavy atom. The molecule has 9 heteroatoms. The summed E-state index contributed by atoms with van der Waals surface area (Å²) in [5.74, 6) is 0.612. The fraction of sp³-hybridized carbons (Fsp3) is 0.435. The molecule has 1 amide bonds. The minimum atomic E-state index is -3.54. The predicted molar refractivity (Wildman–Crippen MR) is 124 cm³/mol. The monoisotopic (exact) mass is 480 g/mol. The van der Waals surface area contributed by atoms with Crippen molar-refractivity contribution < 1.29 is 22.7 Å². The second-order valence-corrected chi connectivity index (χ2v) is 10.3. The topological polar surface area (TPSA) is 84.9 Å². The number of amides is 1. The van der Waals surface area contributed by atoms with Crippen LogP contribution in [0.15, 0.2) is 42.5 Å². The molecule has 2 aromatic rings. The molecule has 0 saturated carbocycles. The molecule has 1 aliphatic heterocycles. The Morgan fingerprint density at radius 2 is 1.91 bits per heavy atom. The number of benzene rings is 2. The summed E-state index contributed by atoms with van der Waals surface area (Å²) < 4.78 is 38.0. The van der Waals surface area contributed by atoms with Gasteiger partial charge >= 0.3 is 0 Å². The van der Waals surface area contributed by atoms with E-state index < -0.39 is 15.9 Å². The molecular weight excluding hydrogens is 452 g/mol. The number of carbonyl (C=O) groups excluding carboxylic acids is 1. The average molecular weight is 481 g/mol. The number of rotatable bonds is 8. The van der Waals surface area contributed by atoms with Crippen LogP contribution in [0.25, 0.3) is 0 Å². The lowest BCUT2D eigenvalue weighted by Gasteiger charge is -2.32. The molecule has 2 aromatic carbocycles. The van der Waals surface area contributed by atoms with Crippen molar-refractivity contribution in [1.82, 2.24) is 9.62 Å². The molecule has 1 fully saturated rings. The number of ether oxygens (including phenoxy) is 2. The van der Waals surface area contributed by atoms with E-state index in [0.29, 0.717) is 41.5 Å². The summed E-state index contributed by atoms with van der Waals surface area (Å²) in [4.78, 5) is 13.0. The summed E-state index contributed by atoms with van der Waals surface area (Å²) in [6.07, 6.45) is 1.27. The van der Waals surface area contributed by atoms with Crippen LogP contribution in [-0.2, 0) is 20.6 Å². The first-order valence-electron chi connectivity index (χ1n) is 10.5. The highest BCUT2D eigenvalue weighted by Gasteiger charge is 2.33. The maximum Gasteiger partial charge on any atom is 0.224 e. The van der Waals surface area contributed by atoms with Gasteiger partial charge in [0.2, 0.25) is 15.9 Å². The van der Waals surface area contributed by atoms with Crippen molar-refractivity contribution in [3.8, 4) is 11.5 Å². The molecule has 2 unspecified atom stereocenters. The van der Waals surface area contributed by atoms with Crippen LogP contribution in [0.2, 0.25) is 5.02 Å². The van der Waals surface area contributed by atoms with Crippen molar-refractivity contribution in [3.05, 3.63) is 58.6 Å². The highest BCUT2D eigenvalue weighted by atomic mass is 35.5. The first kappa shape index (κ1) is 24.4. The number of hydrogen-bond donors (Lipinski definition) is 1. The van der Waals surface area contributed by atoms with E-state index in [-0.39, 0.29) is 24.2 Å². The molecule has 0 radical (unpaired) electrons. The standard InChI is InChI=1S/C23H29ClN2O5S/c1-16(21-13-20(30-2)10-11-22(21)31-3)25-23(27)18-5-4-12-26(14-18)32(28,29)15-17-6-8-19(24)9-7-17/h6-11,13,16,18H,4-5,12,14-15H2,1-3H3,(H,25,27). The predicted octanol–water partition coefficient (Wildman–Crippen LogP) is 3.78. The SMILES string of the molecule is COc1ccc(OC)c(C(C)NC(=O)C2CCCN(S(=O)(=O)Cc3ccc(Cl)cc3)C2)c1. The minimum absolute atomic E-state index is 0.115. The zero-order valence-corrected chi connectivity index (χ0v) is 20.1. The van der Waals surface area contributed by atoms with Crippen LogP contribution in [0, 0.1) is 5.92 Å². The molecule has 1 saturated heterocycles. The summed E-state index contributed by atoms with van der Waals surface area (Å²) in [5, 5.41) is 3.57. The van der Waals surface area contributed by atoms with E-state index in [1.54, 1.807) is 50.6 Å². The zero-order chi connectivity index (χ0) is 23.3. The Balaban J connectivity index is 1.67. The molecule has 3 rings (SSSR count). The Hall–Kier alpha value is -2.29. The number of nitrogens with one attached hydrogen (secondary N) is 1. The van der Waals surface area contributed by atoms with E-state index in [1.165, 1.54) is 4.31 Å². The molecule has 2 atom stereocenters. The fourth-order valence-corrected chi connectivity index (χ4v) is 5.61. The molecule has 32 heavy (non-hydrogen) atoms. The van der Waals surface area contributed by atoms with Gasteiger partial charge in [0.25, 0.3) is 0 Å². The lowest BCUT2D eigenvalue weighted by molar-refractivity contribution is -0.126. The Bertz CT molecular complexity index is 1040. The van der Waals surface area contributed by atoms with Gasteiger partial charge in [0.15, 0.2) is 0 Å². The lowest BCUT2D eigenvalue weighted by atomic mass is 9.97. The van der Waals surface area contributed by atoms with E-state index in [1.807, 2.05) is 13.0 Å². The summed E-state index contributed by atoms with van der Waals surface area (Å²) in [5.41, 5.74) is 1.46. The average Bonchev–Trinajstić information content (AvgIpc) is 2.80. The normalized spacial score (nSPS) is 18.1. The van der Waals surface area contributed by atoms with Crippen molar-refractivity contribution in [2.75, 3.05) is 27.3 Å². The van der Waals surface area contributed by atoms with Gasteiger partial charge in [-0.05, 0) is 55.7 Å². The van der Waals surface area contributed by atoms with Crippen LogP contribution in [0.5, 0.6) is 11.5 Å². The number of sulfonamides is 1. The Morgan fingerprint density at radius 1 is 1.19 bits per heavy atom. The van der Waals surface area contributed by atoms with E-state index in [2.05, 4.69) is 5.32 Å². The molecule has 7 nitrogen and oxygen atoms in total. The zero-order valence-electron chi connectivity index (χ0n) is 18.5. The van der Waals surface area contributed by atoms with Crippen LogP contribution >= 0.6 is 11.6 Å². The van der Waals surface area contributed by atoms with Gasteiger partial charge in [0, 0.05) is 23.7 Å². The van der Waals surface area contributed by atoms with Gasteiger partial charge in [-0.1, -0.05) is 23.7 Å². The molecule has 0 aliphatic carbocycles. The summed E-state index contributed by atoms with van der Waals surface area (Å²) in [7, 11) is -0.389. The third-order valence-corrected chi connectivity index (χ3v) is 7.74. The third kappa shape index (κ3) is 5.94. The number of carbonyl (C=O) groups is 1. The molecule has 1 heterocycles. The first-order valence-corrected chi connectivity index (χ1v) is 12.5. The fourth-order valence-electron chi connectivity index (χ4n) is 3.88. The van der Waals surface area contributed by atoms with Crippen LogP contribution in [0.1, 0.15) is 36.9 Å². The Labute approximate surface area is 194 Å². The molecule has 1 aliphatic rings. The van der Waals surface area contributed by atoms with Gasteiger partial charge in [-0.3, -0.25) is 4.79 Å². The lowest BCUT2D eigenvalue weighted by Crippen LogP contribution is -2.46. The molecular formula is C23H29ClN2O5S. The molecule has 1 N–H and O–H groups in total.